The molecule has 2 rings (SSSR count). The summed E-state index contributed by atoms with van der Waals surface area (Å²) in [6.07, 6.45) is 1.40. The Labute approximate surface area is 116 Å². The summed E-state index contributed by atoms with van der Waals surface area (Å²) in [4.78, 5) is 2.47. The Kier molecular flexibility index (Phi) is 5.83. The van der Waals surface area contributed by atoms with Crippen LogP contribution in [0.25, 0.3) is 0 Å². The molecule has 1 aliphatic heterocycles. The lowest BCUT2D eigenvalue weighted by Crippen LogP contribution is -2.48. The minimum atomic E-state index is 0.252. The van der Waals surface area contributed by atoms with Crippen LogP contribution in [0.4, 0.5) is 0 Å². The van der Waals surface area contributed by atoms with E-state index in [2.05, 4.69) is 54.4 Å². The molecular weight excluding hydrogens is 236 g/mol. The Hall–Kier alpha value is -0.900. The van der Waals surface area contributed by atoms with E-state index in [1.54, 1.807) is 0 Å². The first-order valence-electron chi connectivity index (χ1n) is 7.47. The van der Waals surface area contributed by atoms with E-state index in [1.165, 1.54) is 5.56 Å². The number of nitrogens with zero attached hydrogens (tertiary/aromatic N) is 1. The predicted molar refractivity (Wildman–Crippen MR) is 79.3 cm³/mol. The molecule has 2 atom stereocenters. The highest BCUT2D eigenvalue weighted by Crippen LogP contribution is 2.22. The third kappa shape index (κ3) is 4.03. The molecule has 1 aliphatic rings. The molecule has 0 spiro atoms. The number of nitrogens with one attached hydrogen (secondary N) is 1. The molecule has 0 bridgehead atoms. The van der Waals surface area contributed by atoms with E-state index >= 15 is 0 Å². The number of rotatable bonds is 6. The lowest BCUT2D eigenvalue weighted by Gasteiger charge is -2.37. The Balaban J connectivity index is 2.08. The van der Waals surface area contributed by atoms with Gasteiger partial charge in [-0.15, -0.1) is 0 Å². The minimum Gasteiger partial charge on any atom is -0.374 e. The molecule has 0 radical (unpaired) electrons. The minimum absolute atomic E-state index is 0.252. The highest BCUT2D eigenvalue weighted by Gasteiger charge is 2.28. The van der Waals surface area contributed by atoms with Gasteiger partial charge >= 0.3 is 0 Å². The molecule has 0 amide bonds. The van der Waals surface area contributed by atoms with Crippen molar-refractivity contribution in [2.75, 3.05) is 32.8 Å². The van der Waals surface area contributed by atoms with Gasteiger partial charge in [-0.1, -0.05) is 44.2 Å². The maximum absolute atomic E-state index is 6.02. The van der Waals surface area contributed by atoms with Crippen molar-refractivity contribution in [3.05, 3.63) is 35.9 Å². The lowest BCUT2D eigenvalue weighted by molar-refractivity contribution is -0.0455. The quantitative estimate of drug-likeness (QED) is 0.852. The zero-order chi connectivity index (χ0) is 13.5. The molecule has 3 nitrogen and oxygen atoms in total. The van der Waals surface area contributed by atoms with E-state index in [-0.39, 0.29) is 6.10 Å². The second kappa shape index (κ2) is 7.63. The fourth-order valence-corrected chi connectivity index (χ4v) is 2.64. The second-order valence-electron chi connectivity index (χ2n) is 5.14. The van der Waals surface area contributed by atoms with Crippen LogP contribution in [-0.4, -0.2) is 43.8 Å². The van der Waals surface area contributed by atoms with Gasteiger partial charge in [-0.25, -0.2) is 0 Å². The van der Waals surface area contributed by atoms with Gasteiger partial charge in [0, 0.05) is 13.1 Å². The largest absolute Gasteiger partial charge is 0.374 e. The number of hydrogen-bond donors (Lipinski definition) is 1. The first-order chi connectivity index (χ1) is 9.35. The Morgan fingerprint density at radius 1 is 1.32 bits per heavy atom. The molecule has 0 aliphatic carbocycles. The summed E-state index contributed by atoms with van der Waals surface area (Å²) >= 11 is 0. The Morgan fingerprint density at radius 3 is 2.79 bits per heavy atom. The van der Waals surface area contributed by atoms with Crippen LogP contribution in [0.3, 0.4) is 0 Å². The average Bonchev–Trinajstić information content (AvgIpc) is 2.49. The van der Waals surface area contributed by atoms with Crippen molar-refractivity contribution in [3.63, 3.8) is 0 Å². The van der Waals surface area contributed by atoms with Crippen molar-refractivity contribution in [3.8, 4) is 0 Å². The standard InChI is InChI=1S/C16H26N2O/c1-3-10-17-16(14-8-6-5-7-9-14)15-13-18(4-2)11-12-19-15/h5-9,15-17H,3-4,10-13H2,1-2H3. The van der Waals surface area contributed by atoms with Gasteiger partial charge in [0.1, 0.15) is 0 Å². The Bertz CT molecular complexity index is 355. The molecule has 106 valence electrons. The van der Waals surface area contributed by atoms with Crippen LogP contribution in [0.5, 0.6) is 0 Å². The smallest absolute Gasteiger partial charge is 0.0896 e. The molecule has 1 aromatic rings. The fourth-order valence-electron chi connectivity index (χ4n) is 2.64. The predicted octanol–water partition coefficient (Wildman–Crippen LogP) is 2.45. The van der Waals surface area contributed by atoms with Gasteiger partial charge in [0.15, 0.2) is 0 Å². The van der Waals surface area contributed by atoms with Crippen LogP contribution in [0.2, 0.25) is 0 Å². The van der Waals surface area contributed by atoms with E-state index in [1.807, 2.05) is 0 Å². The first-order valence-corrected chi connectivity index (χ1v) is 7.47. The van der Waals surface area contributed by atoms with E-state index < -0.39 is 0 Å². The van der Waals surface area contributed by atoms with Crippen molar-refractivity contribution >= 4 is 0 Å². The first kappa shape index (κ1) is 14.5. The fraction of sp³-hybridized carbons (Fsp3) is 0.625. The zero-order valence-corrected chi connectivity index (χ0v) is 12.1. The van der Waals surface area contributed by atoms with Crippen LogP contribution in [0.1, 0.15) is 31.9 Å². The molecule has 3 heteroatoms. The van der Waals surface area contributed by atoms with E-state index in [0.29, 0.717) is 6.04 Å². The van der Waals surface area contributed by atoms with Gasteiger partial charge in [-0.2, -0.15) is 0 Å². The maximum Gasteiger partial charge on any atom is 0.0896 e. The molecular formula is C16H26N2O. The van der Waals surface area contributed by atoms with Crippen LogP contribution in [-0.2, 0) is 4.74 Å². The van der Waals surface area contributed by atoms with Gasteiger partial charge in [-0.3, -0.25) is 4.90 Å². The summed E-state index contributed by atoms with van der Waals surface area (Å²) in [5.41, 5.74) is 1.33. The summed E-state index contributed by atoms with van der Waals surface area (Å²) in [6.45, 7) is 9.49. The topological polar surface area (TPSA) is 24.5 Å². The highest BCUT2D eigenvalue weighted by molar-refractivity contribution is 5.20. The van der Waals surface area contributed by atoms with Gasteiger partial charge in [0.05, 0.1) is 18.8 Å². The lowest BCUT2D eigenvalue weighted by atomic mass is 9.99. The zero-order valence-electron chi connectivity index (χ0n) is 12.1. The molecule has 1 fully saturated rings. The van der Waals surface area contributed by atoms with Crippen molar-refractivity contribution in [2.45, 2.75) is 32.4 Å². The summed E-state index contributed by atoms with van der Waals surface area (Å²) in [5.74, 6) is 0. The number of ether oxygens (including phenoxy) is 1. The summed E-state index contributed by atoms with van der Waals surface area (Å²) in [6, 6.07) is 11.0. The normalized spacial score (nSPS) is 22.3. The molecule has 2 unspecified atom stereocenters. The molecule has 1 aromatic carbocycles. The van der Waals surface area contributed by atoms with Gasteiger partial charge in [-0.05, 0) is 25.1 Å². The third-order valence-corrected chi connectivity index (χ3v) is 3.77. The van der Waals surface area contributed by atoms with Crippen LogP contribution in [0, 0.1) is 0 Å². The summed E-state index contributed by atoms with van der Waals surface area (Å²) in [7, 11) is 0. The maximum atomic E-state index is 6.02. The molecule has 0 saturated carbocycles. The number of benzene rings is 1. The molecule has 1 heterocycles. The monoisotopic (exact) mass is 262 g/mol. The van der Waals surface area contributed by atoms with Crippen molar-refractivity contribution in [1.82, 2.24) is 10.2 Å². The number of likely N-dealkylation sites (N-methyl/N-ethyl adjacent to an activating group) is 1. The summed E-state index contributed by atoms with van der Waals surface area (Å²) < 4.78 is 6.02. The van der Waals surface area contributed by atoms with Gasteiger partial charge < -0.3 is 10.1 Å². The van der Waals surface area contributed by atoms with E-state index in [9.17, 15) is 0 Å². The number of morpholine rings is 1. The van der Waals surface area contributed by atoms with Gasteiger partial charge in [0.2, 0.25) is 0 Å². The molecule has 0 aromatic heterocycles. The highest BCUT2D eigenvalue weighted by atomic mass is 16.5. The molecule has 1 saturated heterocycles. The van der Waals surface area contributed by atoms with Crippen molar-refractivity contribution in [1.29, 1.82) is 0 Å². The molecule has 1 N–H and O–H groups in total. The molecule has 19 heavy (non-hydrogen) atoms. The van der Waals surface area contributed by atoms with Crippen molar-refractivity contribution < 1.29 is 4.74 Å². The van der Waals surface area contributed by atoms with Crippen molar-refractivity contribution in [2.24, 2.45) is 0 Å². The average molecular weight is 262 g/mol. The van der Waals surface area contributed by atoms with Crippen LogP contribution < -0.4 is 5.32 Å². The van der Waals surface area contributed by atoms with Crippen LogP contribution >= 0.6 is 0 Å². The number of hydrogen-bond acceptors (Lipinski definition) is 3. The SMILES string of the molecule is CCCNC(c1ccccc1)C1CN(CC)CCO1. The van der Waals surface area contributed by atoms with Crippen LogP contribution in [0.15, 0.2) is 30.3 Å². The van der Waals surface area contributed by atoms with E-state index in [4.69, 9.17) is 4.74 Å². The summed E-state index contributed by atoms with van der Waals surface area (Å²) in [5, 5.41) is 3.65. The third-order valence-electron chi connectivity index (χ3n) is 3.77. The van der Waals surface area contributed by atoms with Gasteiger partial charge in [0.25, 0.3) is 0 Å². The second-order valence-corrected chi connectivity index (χ2v) is 5.14. The Morgan fingerprint density at radius 2 is 2.11 bits per heavy atom. The van der Waals surface area contributed by atoms with E-state index in [0.717, 1.165) is 39.2 Å².